The van der Waals surface area contributed by atoms with Gasteiger partial charge >= 0.3 is 0 Å². The Bertz CT molecular complexity index is 930. The van der Waals surface area contributed by atoms with Gasteiger partial charge < -0.3 is 5.32 Å². The predicted molar refractivity (Wildman–Crippen MR) is 95.0 cm³/mol. The molecule has 6 heteroatoms. The number of benzene rings is 2. The number of anilines is 1. The normalized spacial score (nSPS) is 16.3. The summed E-state index contributed by atoms with van der Waals surface area (Å²) in [6.45, 7) is 2.04. The molecule has 1 aliphatic rings. The van der Waals surface area contributed by atoms with Crippen LogP contribution in [-0.4, -0.2) is 14.8 Å². The second-order valence-electron chi connectivity index (χ2n) is 5.71. The van der Waals surface area contributed by atoms with Crippen LogP contribution < -0.4 is 5.32 Å². The quantitative estimate of drug-likeness (QED) is 0.704. The average molecular weight is 385 g/mol. The van der Waals surface area contributed by atoms with E-state index in [0.29, 0.717) is 11.5 Å². The Hall–Kier alpha value is -2.47. The zero-order chi connectivity index (χ0) is 16.7. The van der Waals surface area contributed by atoms with Crippen molar-refractivity contribution >= 4 is 27.6 Å². The molecule has 0 bridgehead atoms. The number of aryl methyl sites for hydroxylation is 1. The SMILES string of the molecule is Cc1ccc(C2=C[C@H](c3cc(Br)ccc3F)n3ncnc3N2)cc1. The molecule has 1 atom stereocenters. The predicted octanol–water partition coefficient (Wildman–Crippen LogP) is 4.54. The maximum atomic E-state index is 14.4. The third kappa shape index (κ3) is 2.63. The van der Waals surface area contributed by atoms with Gasteiger partial charge in [0.15, 0.2) is 0 Å². The Kier molecular flexibility index (Phi) is 3.69. The summed E-state index contributed by atoms with van der Waals surface area (Å²) >= 11 is 3.41. The van der Waals surface area contributed by atoms with Gasteiger partial charge in [-0.15, -0.1) is 0 Å². The summed E-state index contributed by atoms with van der Waals surface area (Å²) in [5.74, 6) is 0.323. The first-order chi connectivity index (χ1) is 11.6. The number of hydrogen-bond acceptors (Lipinski definition) is 3. The smallest absolute Gasteiger partial charge is 0.226 e. The first kappa shape index (κ1) is 15.1. The minimum absolute atomic E-state index is 0.272. The fourth-order valence-corrected chi connectivity index (χ4v) is 3.18. The summed E-state index contributed by atoms with van der Waals surface area (Å²) in [5.41, 5.74) is 3.64. The van der Waals surface area contributed by atoms with E-state index in [-0.39, 0.29) is 11.9 Å². The molecule has 4 nitrogen and oxygen atoms in total. The maximum Gasteiger partial charge on any atom is 0.226 e. The Morgan fingerprint density at radius 1 is 1.17 bits per heavy atom. The van der Waals surface area contributed by atoms with Gasteiger partial charge in [0.25, 0.3) is 0 Å². The van der Waals surface area contributed by atoms with Gasteiger partial charge in [0, 0.05) is 15.7 Å². The number of hydrogen-bond donors (Lipinski definition) is 1. The van der Waals surface area contributed by atoms with E-state index >= 15 is 0 Å². The highest BCUT2D eigenvalue weighted by atomic mass is 79.9. The standard InChI is InChI=1S/C18H14BrFN4/c1-11-2-4-12(5-3-11)16-9-17(24-18(23-16)21-10-22-24)14-8-13(19)6-7-15(14)20/h2-10,17H,1H3,(H,21,22,23)/t17-/m1/s1. The van der Waals surface area contributed by atoms with E-state index in [4.69, 9.17) is 0 Å². The minimum Gasteiger partial charge on any atom is -0.324 e. The maximum absolute atomic E-state index is 14.4. The Morgan fingerprint density at radius 3 is 2.75 bits per heavy atom. The van der Waals surface area contributed by atoms with Crippen LogP contribution in [0.2, 0.25) is 0 Å². The lowest BCUT2D eigenvalue weighted by molar-refractivity contribution is 0.551. The fourth-order valence-electron chi connectivity index (χ4n) is 2.80. The first-order valence-corrected chi connectivity index (χ1v) is 8.31. The van der Waals surface area contributed by atoms with E-state index in [0.717, 1.165) is 15.7 Å². The van der Waals surface area contributed by atoms with Crippen LogP contribution in [0.25, 0.3) is 5.70 Å². The van der Waals surface area contributed by atoms with E-state index < -0.39 is 0 Å². The van der Waals surface area contributed by atoms with Crippen molar-refractivity contribution in [3.63, 3.8) is 0 Å². The van der Waals surface area contributed by atoms with Gasteiger partial charge in [-0.05, 0) is 36.8 Å². The van der Waals surface area contributed by atoms with E-state index in [2.05, 4.69) is 31.3 Å². The molecule has 120 valence electrons. The van der Waals surface area contributed by atoms with Crippen LogP contribution in [0.4, 0.5) is 10.3 Å². The van der Waals surface area contributed by atoms with Crippen LogP contribution >= 0.6 is 15.9 Å². The van der Waals surface area contributed by atoms with Crippen LogP contribution in [0.5, 0.6) is 0 Å². The summed E-state index contributed by atoms with van der Waals surface area (Å²) in [7, 11) is 0. The van der Waals surface area contributed by atoms with Gasteiger partial charge in [0.2, 0.25) is 5.95 Å². The number of nitrogens with zero attached hydrogens (tertiary/aromatic N) is 3. The second kappa shape index (κ2) is 5.87. The van der Waals surface area contributed by atoms with Crippen molar-refractivity contribution in [3.8, 4) is 0 Å². The number of aromatic nitrogens is 3. The molecular weight excluding hydrogens is 371 g/mol. The molecule has 0 radical (unpaired) electrons. The van der Waals surface area contributed by atoms with E-state index in [1.165, 1.54) is 18.0 Å². The summed E-state index contributed by atoms with van der Waals surface area (Å²) < 4.78 is 16.9. The second-order valence-corrected chi connectivity index (χ2v) is 6.63. The van der Waals surface area contributed by atoms with Gasteiger partial charge in [0.05, 0.1) is 0 Å². The number of halogens is 2. The number of allylic oxidation sites excluding steroid dienone is 1. The summed E-state index contributed by atoms with van der Waals surface area (Å²) in [6, 6.07) is 12.7. The highest BCUT2D eigenvalue weighted by Gasteiger charge is 2.25. The van der Waals surface area contributed by atoms with Crippen molar-refractivity contribution in [1.82, 2.24) is 14.8 Å². The summed E-state index contributed by atoms with van der Waals surface area (Å²) in [4.78, 5) is 4.24. The highest BCUT2D eigenvalue weighted by molar-refractivity contribution is 9.10. The zero-order valence-corrected chi connectivity index (χ0v) is 14.5. The van der Waals surface area contributed by atoms with E-state index in [9.17, 15) is 4.39 Å². The molecule has 2 heterocycles. The molecule has 1 aromatic heterocycles. The first-order valence-electron chi connectivity index (χ1n) is 7.52. The molecule has 3 aromatic rings. The molecule has 1 N–H and O–H groups in total. The monoisotopic (exact) mass is 384 g/mol. The minimum atomic E-state index is -0.363. The third-order valence-electron chi connectivity index (χ3n) is 4.05. The number of nitrogens with one attached hydrogen (secondary N) is 1. The van der Waals surface area contributed by atoms with Gasteiger partial charge in [-0.25, -0.2) is 9.07 Å². The van der Waals surface area contributed by atoms with Crippen molar-refractivity contribution in [2.75, 3.05) is 5.32 Å². The highest BCUT2D eigenvalue weighted by Crippen LogP contribution is 2.34. The molecule has 0 saturated carbocycles. The van der Waals surface area contributed by atoms with Crippen LogP contribution in [0.15, 0.2) is 59.3 Å². The van der Waals surface area contributed by atoms with Gasteiger partial charge in [-0.1, -0.05) is 45.8 Å². The molecule has 0 aliphatic carbocycles. The summed E-state index contributed by atoms with van der Waals surface area (Å²) in [5, 5.41) is 7.51. The molecule has 4 rings (SSSR count). The lowest BCUT2D eigenvalue weighted by atomic mass is 10.0. The van der Waals surface area contributed by atoms with Crippen LogP contribution in [-0.2, 0) is 0 Å². The molecule has 0 spiro atoms. The van der Waals surface area contributed by atoms with Crippen LogP contribution in [0.1, 0.15) is 22.7 Å². The van der Waals surface area contributed by atoms with Crippen molar-refractivity contribution in [3.05, 3.63) is 81.8 Å². The van der Waals surface area contributed by atoms with Crippen molar-refractivity contribution in [2.24, 2.45) is 0 Å². The molecule has 2 aromatic carbocycles. The Balaban J connectivity index is 1.85. The van der Waals surface area contributed by atoms with Crippen molar-refractivity contribution in [1.29, 1.82) is 0 Å². The van der Waals surface area contributed by atoms with Gasteiger partial charge in [0.1, 0.15) is 18.2 Å². The van der Waals surface area contributed by atoms with Crippen LogP contribution in [0, 0.1) is 12.7 Å². The number of rotatable bonds is 2. The third-order valence-corrected chi connectivity index (χ3v) is 4.54. The largest absolute Gasteiger partial charge is 0.324 e. The molecule has 0 fully saturated rings. The van der Waals surface area contributed by atoms with E-state index in [1.54, 1.807) is 16.8 Å². The van der Waals surface area contributed by atoms with Gasteiger partial charge in [-0.3, -0.25) is 0 Å². The zero-order valence-electron chi connectivity index (χ0n) is 12.9. The molecule has 0 saturated heterocycles. The van der Waals surface area contributed by atoms with Crippen molar-refractivity contribution < 1.29 is 4.39 Å². The molecule has 24 heavy (non-hydrogen) atoms. The number of fused-ring (bicyclic) bond motifs is 1. The molecular formula is C18H14BrFN4. The lowest BCUT2D eigenvalue weighted by Crippen LogP contribution is -2.21. The molecule has 0 amide bonds. The fraction of sp³-hybridized carbons (Fsp3) is 0.111. The van der Waals surface area contributed by atoms with E-state index in [1.807, 2.05) is 37.3 Å². The van der Waals surface area contributed by atoms with Gasteiger partial charge in [-0.2, -0.15) is 10.1 Å². The topological polar surface area (TPSA) is 42.7 Å². The summed E-state index contributed by atoms with van der Waals surface area (Å²) in [6.07, 6.45) is 3.44. The van der Waals surface area contributed by atoms with Crippen LogP contribution in [0.3, 0.4) is 0 Å². The molecule has 1 aliphatic heterocycles. The molecule has 0 unspecified atom stereocenters. The Labute approximate surface area is 147 Å². The van der Waals surface area contributed by atoms with Crippen molar-refractivity contribution in [2.45, 2.75) is 13.0 Å². The Morgan fingerprint density at radius 2 is 1.96 bits per heavy atom. The lowest BCUT2D eigenvalue weighted by Gasteiger charge is -2.25. The average Bonchev–Trinajstić information content (AvgIpc) is 3.05.